The first-order chi connectivity index (χ1) is 11.0. The topological polar surface area (TPSA) is 70.2 Å². The van der Waals surface area contributed by atoms with Crippen molar-refractivity contribution in [1.29, 1.82) is 0 Å². The molecular formula is C16H20ClN3O2S. The SMILES string of the molecule is O=C(NNC(=O)c1ccc(Cl)s1)NC12CC3CC(CC(C3)C1)C2. The van der Waals surface area contributed by atoms with Crippen LogP contribution in [-0.4, -0.2) is 17.5 Å². The highest BCUT2D eigenvalue weighted by Crippen LogP contribution is 2.55. The number of hydrazine groups is 1. The van der Waals surface area contributed by atoms with E-state index >= 15 is 0 Å². The van der Waals surface area contributed by atoms with Crippen LogP contribution in [-0.2, 0) is 0 Å². The molecule has 4 aliphatic carbocycles. The van der Waals surface area contributed by atoms with E-state index in [1.54, 1.807) is 12.1 Å². The summed E-state index contributed by atoms with van der Waals surface area (Å²) in [7, 11) is 0. The number of carbonyl (C=O) groups excluding carboxylic acids is 2. The lowest BCUT2D eigenvalue weighted by atomic mass is 9.53. The van der Waals surface area contributed by atoms with Gasteiger partial charge < -0.3 is 5.32 Å². The van der Waals surface area contributed by atoms with E-state index in [1.165, 1.54) is 30.6 Å². The van der Waals surface area contributed by atoms with Gasteiger partial charge >= 0.3 is 6.03 Å². The van der Waals surface area contributed by atoms with Gasteiger partial charge in [-0.25, -0.2) is 10.2 Å². The molecule has 4 bridgehead atoms. The fourth-order valence-electron chi connectivity index (χ4n) is 5.15. The molecule has 0 saturated heterocycles. The molecule has 0 unspecified atom stereocenters. The summed E-state index contributed by atoms with van der Waals surface area (Å²) < 4.78 is 0.549. The summed E-state index contributed by atoms with van der Waals surface area (Å²) in [6.45, 7) is 0. The molecule has 4 fully saturated rings. The number of thiophene rings is 1. The second-order valence-corrected chi connectivity index (χ2v) is 9.05. The molecule has 3 amide bonds. The predicted octanol–water partition coefficient (Wildman–Crippen LogP) is 3.31. The van der Waals surface area contributed by atoms with Gasteiger partial charge in [0, 0.05) is 5.54 Å². The Hall–Kier alpha value is -1.27. The van der Waals surface area contributed by atoms with Gasteiger partial charge in [0.15, 0.2) is 0 Å². The number of hydrogen-bond acceptors (Lipinski definition) is 3. The summed E-state index contributed by atoms with van der Waals surface area (Å²) in [5, 5.41) is 3.15. The van der Waals surface area contributed by atoms with Crippen LogP contribution in [0, 0.1) is 17.8 Å². The number of urea groups is 1. The molecule has 4 saturated carbocycles. The standard InChI is InChI=1S/C16H20ClN3O2S/c17-13-2-1-12(23-13)14(21)19-20-15(22)18-16-6-9-3-10(7-16)5-11(4-9)8-16/h1-2,9-11H,3-8H2,(H,19,21)(H2,18,20,22). The average Bonchev–Trinajstić information content (AvgIpc) is 2.89. The van der Waals surface area contributed by atoms with Crippen LogP contribution < -0.4 is 16.2 Å². The number of hydrogen-bond donors (Lipinski definition) is 3. The van der Waals surface area contributed by atoms with Crippen LogP contribution in [0.1, 0.15) is 48.2 Å². The third kappa shape index (κ3) is 3.06. The molecule has 0 radical (unpaired) electrons. The minimum Gasteiger partial charge on any atom is -0.331 e. The van der Waals surface area contributed by atoms with Crippen molar-refractivity contribution in [2.24, 2.45) is 17.8 Å². The maximum atomic E-state index is 12.2. The van der Waals surface area contributed by atoms with Gasteiger partial charge in [0.1, 0.15) is 0 Å². The fraction of sp³-hybridized carbons (Fsp3) is 0.625. The van der Waals surface area contributed by atoms with E-state index in [-0.39, 0.29) is 17.5 Å². The van der Waals surface area contributed by atoms with E-state index in [0.29, 0.717) is 9.21 Å². The average molecular weight is 354 g/mol. The Morgan fingerprint density at radius 1 is 1.04 bits per heavy atom. The normalized spacial score (nSPS) is 34.2. The molecule has 0 aliphatic heterocycles. The molecule has 0 atom stereocenters. The quantitative estimate of drug-likeness (QED) is 0.714. The van der Waals surface area contributed by atoms with E-state index in [1.807, 2.05) is 0 Å². The summed E-state index contributed by atoms with van der Waals surface area (Å²) in [5.74, 6) is 1.96. The smallest absolute Gasteiger partial charge is 0.331 e. The number of halogens is 1. The van der Waals surface area contributed by atoms with Crippen molar-refractivity contribution in [3.05, 3.63) is 21.3 Å². The molecular weight excluding hydrogens is 334 g/mol. The first-order valence-corrected chi connectivity index (χ1v) is 9.35. The first-order valence-electron chi connectivity index (χ1n) is 8.15. The summed E-state index contributed by atoms with van der Waals surface area (Å²) in [4.78, 5) is 24.6. The molecule has 5 nitrogen and oxygen atoms in total. The van der Waals surface area contributed by atoms with Crippen molar-refractivity contribution >= 4 is 34.9 Å². The molecule has 3 N–H and O–H groups in total. The second-order valence-electron chi connectivity index (χ2n) is 7.33. The highest BCUT2D eigenvalue weighted by molar-refractivity contribution is 7.17. The minimum absolute atomic E-state index is 0.0597. The third-order valence-electron chi connectivity index (χ3n) is 5.50. The predicted molar refractivity (Wildman–Crippen MR) is 89.4 cm³/mol. The zero-order chi connectivity index (χ0) is 16.0. The largest absolute Gasteiger partial charge is 0.333 e. The van der Waals surface area contributed by atoms with Crippen LogP contribution in [0.15, 0.2) is 12.1 Å². The van der Waals surface area contributed by atoms with E-state index in [2.05, 4.69) is 16.2 Å². The molecule has 5 rings (SSSR count). The lowest BCUT2D eigenvalue weighted by Crippen LogP contribution is -2.62. The molecule has 23 heavy (non-hydrogen) atoms. The number of rotatable bonds is 2. The van der Waals surface area contributed by atoms with Crippen molar-refractivity contribution in [3.63, 3.8) is 0 Å². The number of carbonyl (C=O) groups is 2. The van der Waals surface area contributed by atoms with E-state index in [0.717, 1.165) is 37.0 Å². The monoisotopic (exact) mass is 353 g/mol. The van der Waals surface area contributed by atoms with Crippen LogP contribution in [0.25, 0.3) is 0 Å². The Labute approximate surface area is 144 Å². The van der Waals surface area contributed by atoms with Gasteiger partial charge in [-0.3, -0.25) is 10.2 Å². The Balaban J connectivity index is 1.33. The Kier molecular flexibility index (Phi) is 3.76. The van der Waals surface area contributed by atoms with E-state index in [4.69, 9.17) is 11.6 Å². The van der Waals surface area contributed by atoms with Crippen LogP contribution in [0.4, 0.5) is 4.79 Å². The first kappa shape index (κ1) is 15.3. The number of amides is 3. The minimum atomic E-state index is -0.345. The van der Waals surface area contributed by atoms with Gasteiger partial charge in [-0.15, -0.1) is 11.3 Å². The molecule has 124 valence electrons. The lowest BCUT2D eigenvalue weighted by molar-refractivity contribution is -0.0137. The molecule has 7 heteroatoms. The van der Waals surface area contributed by atoms with Gasteiger partial charge in [0.2, 0.25) is 0 Å². The Morgan fingerprint density at radius 2 is 1.65 bits per heavy atom. The van der Waals surface area contributed by atoms with Crippen LogP contribution in [0.2, 0.25) is 4.34 Å². The fourth-order valence-corrected chi connectivity index (χ4v) is 6.09. The van der Waals surface area contributed by atoms with Crippen molar-refractivity contribution in [2.45, 2.75) is 44.1 Å². The van der Waals surface area contributed by atoms with Crippen LogP contribution >= 0.6 is 22.9 Å². The summed E-state index contributed by atoms with van der Waals surface area (Å²) in [5.41, 5.74) is 4.86. The summed E-state index contributed by atoms with van der Waals surface area (Å²) in [6.07, 6.45) is 7.25. The van der Waals surface area contributed by atoms with Crippen LogP contribution in [0.3, 0.4) is 0 Å². The molecule has 1 aromatic rings. The second kappa shape index (κ2) is 5.67. The Morgan fingerprint density at radius 3 is 2.17 bits per heavy atom. The van der Waals surface area contributed by atoms with Crippen molar-refractivity contribution in [2.75, 3.05) is 0 Å². The van der Waals surface area contributed by atoms with E-state index < -0.39 is 0 Å². The van der Waals surface area contributed by atoms with Crippen LogP contribution in [0.5, 0.6) is 0 Å². The zero-order valence-electron chi connectivity index (χ0n) is 12.7. The number of nitrogens with one attached hydrogen (secondary N) is 3. The molecule has 0 spiro atoms. The summed E-state index contributed by atoms with van der Waals surface area (Å²) >= 11 is 6.99. The van der Waals surface area contributed by atoms with Crippen molar-refractivity contribution < 1.29 is 9.59 Å². The lowest BCUT2D eigenvalue weighted by Gasteiger charge is -2.56. The van der Waals surface area contributed by atoms with E-state index in [9.17, 15) is 9.59 Å². The highest BCUT2D eigenvalue weighted by Gasteiger charge is 2.51. The third-order valence-corrected chi connectivity index (χ3v) is 6.73. The van der Waals surface area contributed by atoms with Crippen molar-refractivity contribution in [3.8, 4) is 0 Å². The van der Waals surface area contributed by atoms with Crippen molar-refractivity contribution in [1.82, 2.24) is 16.2 Å². The van der Waals surface area contributed by atoms with Gasteiger partial charge in [-0.05, 0) is 68.4 Å². The summed E-state index contributed by atoms with van der Waals surface area (Å²) in [6, 6.07) is 2.99. The van der Waals surface area contributed by atoms with Gasteiger partial charge in [-0.2, -0.15) is 0 Å². The molecule has 1 heterocycles. The maximum Gasteiger partial charge on any atom is 0.333 e. The Bertz CT molecular complexity index is 610. The van der Waals surface area contributed by atoms with Gasteiger partial charge in [0.05, 0.1) is 9.21 Å². The maximum absolute atomic E-state index is 12.2. The van der Waals surface area contributed by atoms with Gasteiger partial charge in [-0.1, -0.05) is 11.6 Å². The molecule has 0 aromatic carbocycles. The molecule has 4 aliphatic rings. The van der Waals surface area contributed by atoms with Gasteiger partial charge in [0.25, 0.3) is 5.91 Å². The zero-order valence-corrected chi connectivity index (χ0v) is 14.3. The highest BCUT2D eigenvalue weighted by atomic mass is 35.5. The molecule has 1 aromatic heterocycles.